The zero-order chi connectivity index (χ0) is 14.3. The van der Waals surface area contributed by atoms with Crippen LogP contribution in [-0.2, 0) is 4.79 Å². The maximum atomic E-state index is 12.3. The van der Waals surface area contributed by atoms with Crippen LogP contribution in [0.5, 0.6) is 0 Å². The first kappa shape index (κ1) is 16.3. The van der Waals surface area contributed by atoms with Crippen molar-refractivity contribution in [2.24, 2.45) is 5.92 Å². The highest BCUT2D eigenvalue weighted by Crippen LogP contribution is 2.20. The average molecular weight is 283 g/mol. The molecule has 0 aromatic rings. The number of hydrogen-bond donors (Lipinski definition) is 0. The molecule has 0 N–H and O–H groups in total. The number of amides is 1. The molecule has 5 heteroatoms. The Morgan fingerprint density at radius 1 is 1.58 bits per heavy atom. The summed E-state index contributed by atoms with van der Waals surface area (Å²) in [5.41, 5.74) is 0. The quantitative estimate of drug-likeness (QED) is 0.746. The first-order valence-electron chi connectivity index (χ1n) is 7.12. The number of thioether (sulfide) groups is 1. The summed E-state index contributed by atoms with van der Waals surface area (Å²) in [5.74, 6) is 1.18. The third kappa shape index (κ3) is 5.42. The third-order valence-corrected chi connectivity index (χ3v) is 4.86. The van der Waals surface area contributed by atoms with Crippen molar-refractivity contribution in [3.05, 3.63) is 0 Å². The topological polar surface area (TPSA) is 47.3 Å². The van der Waals surface area contributed by atoms with E-state index in [2.05, 4.69) is 17.9 Å². The molecule has 2 unspecified atom stereocenters. The molecule has 19 heavy (non-hydrogen) atoms. The summed E-state index contributed by atoms with van der Waals surface area (Å²) >= 11 is 2.01. The van der Waals surface area contributed by atoms with E-state index in [1.54, 1.807) is 4.90 Å². The summed E-state index contributed by atoms with van der Waals surface area (Å²) < 4.78 is 0. The maximum absolute atomic E-state index is 12.3. The summed E-state index contributed by atoms with van der Waals surface area (Å²) in [6, 6.07) is 2.19. The third-order valence-electron chi connectivity index (χ3n) is 3.49. The van der Waals surface area contributed by atoms with Crippen LogP contribution in [0.2, 0.25) is 0 Å². The lowest BCUT2D eigenvalue weighted by molar-refractivity contribution is -0.132. The van der Waals surface area contributed by atoms with Crippen molar-refractivity contribution in [2.45, 2.75) is 32.4 Å². The smallest absolute Gasteiger partial charge is 0.236 e. The molecule has 1 rings (SSSR count). The molecule has 1 aliphatic rings. The minimum Gasteiger partial charge on any atom is -0.341 e. The standard InChI is InChI=1S/C14H25N3OS/c1-4-13-10-16(6-7-19-13)11-14(18)17(5-2)9-12(3)8-15/h12-13H,4-7,9-11H2,1-3H3. The first-order chi connectivity index (χ1) is 9.10. The van der Waals surface area contributed by atoms with Crippen molar-refractivity contribution in [3.8, 4) is 6.07 Å². The van der Waals surface area contributed by atoms with Gasteiger partial charge in [0.2, 0.25) is 5.91 Å². The Kier molecular flexibility index (Phi) is 7.25. The normalized spacial score (nSPS) is 21.7. The van der Waals surface area contributed by atoms with Gasteiger partial charge in [-0.05, 0) is 20.3 Å². The summed E-state index contributed by atoms with van der Waals surface area (Å²) in [4.78, 5) is 16.3. The Morgan fingerprint density at radius 3 is 2.89 bits per heavy atom. The van der Waals surface area contributed by atoms with Gasteiger partial charge in [-0.1, -0.05) is 6.92 Å². The Balaban J connectivity index is 2.45. The molecule has 0 aromatic heterocycles. The van der Waals surface area contributed by atoms with E-state index >= 15 is 0 Å². The number of nitrogens with zero attached hydrogens (tertiary/aromatic N) is 3. The maximum Gasteiger partial charge on any atom is 0.236 e. The molecule has 0 aliphatic carbocycles. The van der Waals surface area contributed by atoms with Crippen molar-refractivity contribution in [1.29, 1.82) is 5.26 Å². The highest BCUT2D eigenvalue weighted by atomic mass is 32.2. The van der Waals surface area contributed by atoms with Crippen LogP contribution in [0.3, 0.4) is 0 Å². The van der Waals surface area contributed by atoms with E-state index in [9.17, 15) is 4.79 Å². The second-order valence-electron chi connectivity index (χ2n) is 5.10. The highest BCUT2D eigenvalue weighted by Gasteiger charge is 2.23. The molecule has 0 aromatic carbocycles. The van der Waals surface area contributed by atoms with E-state index in [4.69, 9.17) is 5.26 Å². The van der Waals surface area contributed by atoms with Crippen LogP contribution in [-0.4, -0.2) is 59.4 Å². The number of likely N-dealkylation sites (N-methyl/N-ethyl adjacent to an activating group) is 1. The van der Waals surface area contributed by atoms with E-state index in [1.165, 1.54) is 0 Å². The molecule has 0 radical (unpaired) electrons. The number of hydrogen-bond acceptors (Lipinski definition) is 4. The van der Waals surface area contributed by atoms with Gasteiger partial charge in [-0.2, -0.15) is 17.0 Å². The summed E-state index contributed by atoms with van der Waals surface area (Å²) in [7, 11) is 0. The van der Waals surface area contributed by atoms with E-state index < -0.39 is 0 Å². The molecule has 4 nitrogen and oxygen atoms in total. The van der Waals surface area contributed by atoms with Gasteiger partial charge in [-0.25, -0.2) is 0 Å². The number of carbonyl (C=O) groups excluding carboxylic acids is 1. The Labute approximate surface area is 121 Å². The van der Waals surface area contributed by atoms with Gasteiger partial charge in [-0.3, -0.25) is 9.69 Å². The fourth-order valence-corrected chi connectivity index (χ4v) is 3.49. The van der Waals surface area contributed by atoms with Gasteiger partial charge in [0.1, 0.15) is 0 Å². The van der Waals surface area contributed by atoms with Crippen molar-refractivity contribution in [3.63, 3.8) is 0 Å². The van der Waals surface area contributed by atoms with Crippen molar-refractivity contribution >= 4 is 17.7 Å². The zero-order valence-corrected chi connectivity index (χ0v) is 13.1. The van der Waals surface area contributed by atoms with E-state index in [0.29, 0.717) is 24.9 Å². The largest absolute Gasteiger partial charge is 0.341 e. The lowest BCUT2D eigenvalue weighted by Gasteiger charge is -2.33. The number of nitriles is 1. The summed E-state index contributed by atoms with van der Waals surface area (Å²) in [5, 5.41) is 9.51. The Hall–Kier alpha value is -0.730. The molecule has 0 spiro atoms. The highest BCUT2D eigenvalue weighted by molar-refractivity contribution is 8.00. The van der Waals surface area contributed by atoms with Gasteiger partial charge < -0.3 is 4.90 Å². The molecular weight excluding hydrogens is 258 g/mol. The van der Waals surface area contributed by atoms with Gasteiger partial charge in [0, 0.05) is 37.2 Å². The van der Waals surface area contributed by atoms with Crippen molar-refractivity contribution < 1.29 is 4.79 Å². The lowest BCUT2D eigenvalue weighted by Crippen LogP contribution is -2.46. The van der Waals surface area contributed by atoms with Crippen LogP contribution in [0.1, 0.15) is 27.2 Å². The van der Waals surface area contributed by atoms with Gasteiger partial charge in [0.15, 0.2) is 0 Å². The molecule has 1 amide bonds. The van der Waals surface area contributed by atoms with Crippen LogP contribution < -0.4 is 0 Å². The summed E-state index contributed by atoms with van der Waals surface area (Å²) in [6.45, 7) is 9.79. The van der Waals surface area contributed by atoms with Gasteiger partial charge in [0.05, 0.1) is 18.5 Å². The second kappa shape index (κ2) is 8.44. The molecule has 2 atom stereocenters. The predicted octanol–water partition coefficient (Wildman–Crippen LogP) is 1.82. The fraction of sp³-hybridized carbons (Fsp3) is 0.857. The first-order valence-corrected chi connectivity index (χ1v) is 8.16. The molecular formula is C14H25N3OS. The number of rotatable bonds is 6. The molecule has 0 bridgehead atoms. The van der Waals surface area contributed by atoms with Gasteiger partial charge in [0.25, 0.3) is 0 Å². The van der Waals surface area contributed by atoms with Crippen molar-refractivity contribution in [1.82, 2.24) is 9.80 Å². The second-order valence-corrected chi connectivity index (χ2v) is 6.51. The van der Waals surface area contributed by atoms with E-state index in [1.807, 2.05) is 25.6 Å². The molecule has 1 fully saturated rings. The van der Waals surface area contributed by atoms with Gasteiger partial charge >= 0.3 is 0 Å². The predicted molar refractivity (Wildman–Crippen MR) is 80.0 cm³/mol. The molecule has 1 aliphatic heterocycles. The Morgan fingerprint density at radius 2 is 2.32 bits per heavy atom. The van der Waals surface area contributed by atoms with Crippen LogP contribution in [0.4, 0.5) is 0 Å². The zero-order valence-electron chi connectivity index (χ0n) is 12.3. The van der Waals surface area contributed by atoms with Crippen LogP contribution in [0.15, 0.2) is 0 Å². The molecule has 0 saturated carbocycles. The molecule has 108 valence electrons. The Bertz CT molecular complexity index is 329. The molecule has 1 heterocycles. The molecule has 1 saturated heterocycles. The fourth-order valence-electron chi connectivity index (χ4n) is 2.24. The SMILES string of the molecule is CCC1CN(CC(=O)N(CC)CC(C)C#N)CCS1. The van der Waals surface area contributed by atoms with Gasteiger partial charge in [-0.15, -0.1) is 0 Å². The monoisotopic (exact) mass is 283 g/mol. The van der Waals surface area contributed by atoms with Crippen molar-refractivity contribution in [2.75, 3.05) is 38.5 Å². The van der Waals surface area contributed by atoms with Crippen LogP contribution >= 0.6 is 11.8 Å². The van der Waals surface area contributed by atoms with E-state index in [-0.39, 0.29) is 11.8 Å². The van der Waals surface area contributed by atoms with Crippen LogP contribution in [0, 0.1) is 17.2 Å². The average Bonchev–Trinajstić information content (AvgIpc) is 2.44. The van der Waals surface area contributed by atoms with Crippen LogP contribution in [0.25, 0.3) is 0 Å². The van der Waals surface area contributed by atoms with E-state index in [0.717, 1.165) is 25.3 Å². The minimum atomic E-state index is -0.0933. The lowest BCUT2D eigenvalue weighted by atomic mass is 10.2. The number of carbonyl (C=O) groups is 1. The minimum absolute atomic E-state index is 0.0933. The summed E-state index contributed by atoms with van der Waals surface area (Å²) in [6.07, 6.45) is 1.16.